The first kappa shape index (κ1) is 15.3. The SMILES string of the molecule is CC(NCc1ccc(OCC#N)cc1)C(=O)N1CCCC1. The van der Waals surface area contributed by atoms with Crippen molar-refractivity contribution in [2.24, 2.45) is 0 Å². The van der Waals surface area contributed by atoms with Crippen molar-refractivity contribution in [3.63, 3.8) is 0 Å². The molecule has 1 fully saturated rings. The van der Waals surface area contributed by atoms with E-state index in [-0.39, 0.29) is 18.6 Å². The Morgan fingerprint density at radius 3 is 2.67 bits per heavy atom. The van der Waals surface area contributed by atoms with Gasteiger partial charge in [-0.15, -0.1) is 0 Å². The van der Waals surface area contributed by atoms with Crippen molar-refractivity contribution in [2.45, 2.75) is 32.4 Å². The topological polar surface area (TPSA) is 65.4 Å². The molecule has 0 aromatic heterocycles. The maximum absolute atomic E-state index is 12.2. The van der Waals surface area contributed by atoms with Gasteiger partial charge in [0.05, 0.1) is 6.04 Å². The predicted octanol–water partition coefficient (Wildman–Crippen LogP) is 1.69. The van der Waals surface area contributed by atoms with Crippen LogP contribution in [0.15, 0.2) is 24.3 Å². The van der Waals surface area contributed by atoms with E-state index in [2.05, 4.69) is 5.32 Å². The highest BCUT2D eigenvalue weighted by Gasteiger charge is 2.22. The number of amides is 1. The van der Waals surface area contributed by atoms with Gasteiger partial charge in [-0.05, 0) is 37.5 Å². The summed E-state index contributed by atoms with van der Waals surface area (Å²) in [4.78, 5) is 14.1. The quantitative estimate of drug-likeness (QED) is 0.864. The first-order valence-electron chi connectivity index (χ1n) is 7.31. The molecular formula is C16H21N3O2. The second-order valence-electron chi connectivity index (χ2n) is 5.23. The van der Waals surface area contributed by atoms with E-state index in [1.54, 1.807) is 0 Å². The molecule has 0 spiro atoms. The first-order chi connectivity index (χ1) is 10.2. The molecule has 1 aliphatic rings. The van der Waals surface area contributed by atoms with Crippen LogP contribution in [-0.2, 0) is 11.3 Å². The zero-order valence-corrected chi connectivity index (χ0v) is 12.3. The first-order valence-corrected chi connectivity index (χ1v) is 7.31. The van der Waals surface area contributed by atoms with Crippen LogP contribution in [0.5, 0.6) is 5.75 Å². The number of benzene rings is 1. The van der Waals surface area contributed by atoms with Crippen molar-refractivity contribution < 1.29 is 9.53 Å². The Bertz CT molecular complexity index is 501. The van der Waals surface area contributed by atoms with E-state index in [9.17, 15) is 4.79 Å². The summed E-state index contributed by atoms with van der Waals surface area (Å²) in [5.74, 6) is 0.864. The van der Waals surface area contributed by atoms with Crippen molar-refractivity contribution in [1.82, 2.24) is 10.2 Å². The van der Waals surface area contributed by atoms with E-state index in [0.29, 0.717) is 12.3 Å². The average molecular weight is 287 g/mol. The Hall–Kier alpha value is -2.06. The molecule has 1 aliphatic heterocycles. The Morgan fingerprint density at radius 1 is 1.38 bits per heavy atom. The molecule has 0 saturated carbocycles. The number of carbonyl (C=O) groups excluding carboxylic acids is 1. The maximum Gasteiger partial charge on any atom is 0.239 e. The number of likely N-dealkylation sites (tertiary alicyclic amines) is 1. The number of ether oxygens (including phenoxy) is 1. The number of nitriles is 1. The standard InChI is InChI=1S/C16H21N3O2/c1-13(16(20)19-9-2-3-10-19)18-12-14-4-6-15(7-5-14)21-11-8-17/h4-7,13,18H,2-3,9-12H2,1H3. The molecule has 5 heteroatoms. The second kappa shape index (κ2) is 7.65. The monoisotopic (exact) mass is 287 g/mol. The van der Waals surface area contributed by atoms with Gasteiger partial charge >= 0.3 is 0 Å². The van der Waals surface area contributed by atoms with Crippen LogP contribution in [0.4, 0.5) is 0 Å². The van der Waals surface area contributed by atoms with Crippen molar-refractivity contribution in [3.05, 3.63) is 29.8 Å². The lowest BCUT2D eigenvalue weighted by molar-refractivity contribution is -0.131. The molecule has 0 radical (unpaired) electrons. The van der Waals surface area contributed by atoms with Crippen LogP contribution >= 0.6 is 0 Å². The molecule has 0 aliphatic carbocycles. The fourth-order valence-electron chi connectivity index (χ4n) is 2.39. The fraction of sp³-hybridized carbons (Fsp3) is 0.500. The molecule has 1 aromatic rings. The van der Waals surface area contributed by atoms with Gasteiger partial charge in [0.1, 0.15) is 11.8 Å². The van der Waals surface area contributed by atoms with Gasteiger partial charge in [-0.1, -0.05) is 12.1 Å². The van der Waals surface area contributed by atoms with Gasteiger partial charge in [-0.2, -0.15) is 5.26 Å². The van der Waals surface area contributed by atoms with Crippen LogP contribution in [0.2, 0.25) is 0 Å². The Balaban J connectivity index is 1.79. The van der Waals surface area contributed by atoms with Gasteiger partial charge in [-0.25, -0.2) is 0 Å². The number of carbonyl (C=O) groups is 1. The van der Waals surface area contributed by atoms with Crippen molar-refractivity contribution >= 4 is 5.91 Å². The predicted molar refractivity (Wildman–Crippen MR) is 79.7 cm³/mol. The van der Waals surface area contributed by atoms with Crippen LogP contribution in [0.3, 0.4) is 0 Å². The molecule has 2 rings (SSSR count). The second-order valence-corrected chi connectivity index (χ2v) is 5.23. The van der Waals surface area contributed by atoms with Gasteiger partial charge in [0.15, 0.2) is 6.61 Å². The van der Waals surface area contributed by atoms with Gasteiger partial charge in [0.25, 0.3) is 0 Å². The van der Waals surface area contributed by atoms with Crippen LogP contribution in [0.25, 0.3) is 0 Å². The molecule has 1 amide bonds. The highest BCUT2D eigenvalue weighted by molar-refractivity contribution is 5.81. The number of nitrogens with zero attached hydrogens (tertiary/aromatic N) is 2. The van der Waals surface area contributed by atoms with E-state index in [0.717, 1.165) is 31.5 Å². The van der Waals surface area contributed by atoms with Crippen molar-refractivity contribution in [3.8, 4) is 11.8 Å². The molecule has 112 valence electrons. The molecule has 1 atom stereocenters. The fourth-order valence-corrected chi connectivity index (χ4v) is 2.39. The van der Waals surface area contributed by atoms with Crippen LogP contribution in [0, 0.1) is 11.3 Å². The van der Waals surface area contributed by atoms with Crippen molar-refractivity contribution in [2.75, 3.05) is 19.7 Å². The van der Waals surface area contributed by atoms with E-state index in [4.69, 9.17) is 10.00 Å². The number of rotatable bonds is 6. The van der Waals surface area contributed by atoms with E-state index >= 15 is 0 Å². The zero-order valence-electron chi connectivity index (χ0n) is 12.3. The lowest BCUT2D eigenvalue weighted by Crippen LogP contribution is -2.43. The van der Waals surface area contributed by atoms with Crippen molar-refractivity contribution in [1.29, 1.82) is 5.26 Å². The Labute approximate surface area is 125 Å². The zero-order chi connectivity index (χ0) is 15.1. The van der Waals surface area contributed by atoms with E-state index in [1.807, 2.05) is 42.2 Å². The molecule has 1 N–H and O–H groups in total. The summed E-state index contributed by atoms with van der Waals surface area (Å²) in [6.45, 7) is 4.37. The largest absolute Gasteiger partial charge is 0.479 e. The normalized spacial score (nSPS) is 15.5. The third-order valence-corrected chi connectivity index (χ3v) is 3.63. The third-order valence-electron chi connectivity index (χ3n) is 3.63. The summed E-state index contributed by atoms with van der Waals surface area (Å²) in [6.07, 6.45) is 2.23. The minimum atomic E-state index is -0.169. The Morgan fingerprint density at radius 2 is 2.05 bits per heavy atom. The van der Waals surface area contributed by atoms with Gasteiger partial charge in [0.2, 0.25) is 5.91 Å². The molecule has 1 saturated heterocycles. The lowest BCUT2D eigenvalue weighted by Gasteiger charge is -2.21. The highest BCUT2D eigenvalue weighted by atomic mass is 16.5. The third kappa shape index (κ3) is 4.47. The molecule has 0 bridgehead atoms. The van der Waals surface area contributed by atoms with Gasteiger partial charge < -0.3 is 15.0 Å². The summed E-state index contributed by atoms with van der Waals surface area (Å²) in [5, 5.41) is 11.7. The average Bonchev–Trinajstić information content (AvgIpc) is 3.05. The molecule has 1 unspecified atom stereocenters. The summed E-state index contributed by atoms with van der Waals surface area (Å²) in [7, 11) is 0. The van der Waals surface area contributed by atoms with Gasteiger partial charge in [-0.3, -0.25) is 4.79 Å². The number of nitrogens with one attached hydrogen (secondary N) is 1. The van der Waals surface area contributed by atoms with Crippen LogP contribution in [-0.4, -0.2) is 36.5 Å². The summed E-state index contributed by atoms with van der Waals surface area (Å²) in [5.41, 5.74) is 1.08. The summed E-state index contributed by atoms with van der Waals surface area (Å²) < 4.78 is 5.20. The molecule has 1 aromatic carbocycles. The summed E-state index contributed by atoms with van der Waals surface area (Å²) in [6, 6.07) is 9.31. The highest BCUT2D eigenvalue weighted by Crippen LogP contribution is 2.13. The minimum Gasteiger partial charge on any atom is -0.479 e. The van der Waals surface area contributed by atoms with E-state index < -0.39 is 0 Å². The summed E-state index contributed by atoms with van der Waals surface area (Å²) >= 11 is 0. The number of hydrogen-bond acceptors (Lipinski definition) is 4. The van der Waals surface area contributed by atoms with Crippen LogP contribution < -0.4 is 10.1 Å². The molecular weight excluding hydrogens is 266 g/mol. The van der Waals surface area contributed by atoms with Gasteiger partial charge in [0, 0.05) is 19.6 Å². The molecule has 5 nitrogen and oxygen atoms in total. The van der Waals surface area contributed by atoms with Crippen LogP contribution in [0.1, 0.15) is 25.3 Å². The maximum atomic E-state index is 12.2. The van der Waals surface area contributed by atoms with E-state index in [1.165, 1.54) is 0 Å². The minimum absolute atomic E-state index is 0.0545. The smallest absolute Gasteiger partial charge is 0.239 e. The molecule has 21 heavy (non-hydrogen) atoms. The number of hydrogen-bond donors (Lipinski definition) is 1. The molecule has 1 heterocycles. The lowest BCUT2D eigenvalue weighted by atomic mass is 10.2. The Kier molecular flexibility index (Phi) is 5.59.